The van der Waals surface area contributed by atoms with Crippen molar-refractivity contribution in [2.24, 2.45) is 0 Å². The first-order valence-corrected chi connectivity index (χ1v) is 12.1. The Bertz CT molecular complexity index is 425. The van der Waals surface area contributed by atoms with Crippen LogP contribution in [0, 0.1) is 0 Å². The van der Waals surface area contributed by atoms with Crippen LogP contribution in [-0.4, -0.2) is 42.8 Å². The zero-order valence-corrected chi connectivity index (χ0v) is 16.7. The van der Waals surface area contributed by atoms with E-state index in [4.69, 9.17) is 18.1 Å². The van der Waals surface area contributed by atoms with E-state index in [2.05, 4.69) is 6.58 Å². The van der Waals surface area contributed by atoms with Gasteiger partial charge in [-0.15, -0.1) is 6.58 Å². The van der Waals surface area contributed by atoms with Crippen molar-refractivity contribution in [1.82, 2.24) is 0 Å². The van der Waals surface area contributed by atoms with Crippen LogP contribution in [0.2, 0.25) is 0 Å². The third-order valence-electron chi connectivity index (χ3n) is 2.34. The zero-order chi connectivity index (χ0) is 17.2. The quantitative estimate of drug-likeness (QED) is 0.280. The molecule has 0 amide bonds. The molecule has 0 aromatic carbocycles. The summed E-state index contributed by atoms with van der Waals surface area (Å²) in [5.41, 5.74) is 0. The van der Waals surface area contributed by atoms with Crippen molar-refractivity contribution in [3.63, 3.8) is 0 Å². The van der Waals surface area contributed by atoms with Crippen LogP contribution in [0.1, 0.15) is 27.7 Å². The summed E-state index contributed by atoms with van der Waals surface area (Å²) >= 11 is 0. The average molecular weight is 374 g/mol. The van der Waals surface area contributed by atoms with E-state index in [1.807, 2.05) is 6.26 Å². The first kappa shape index (κ1) is 22.3. The summed E-state index contributed by atoms with van der Waals surface area (Å²) in [6.45, 7) is 11.2. The molecule has 1 atom stereocenters. The molecule has 0 saturated carbocycles. The van der Waals surface area contributed by atoms with Crippen molar-refractivity contribution < 1.29 is 27.2 Å². The molecule has 132 valence electrons. The van der Waals surface area contributed by atoms with E-state index in [0.29, 0.717) is 5.75 Å². The van der Waals surface area contributed by atoms with E-state index in [-0.39, 0.29) is 30.8 Å². The molecule has 0 aromatic rings. The highest BCUT2D eigenvalue weighted by Gasteiger charge is 2.46. The Balaban J connectivity index is 6.23. The molecule has 1 unspecified atom stereocenters. The summed E-state index contributed by atoms with van der Waals surface area (Å²) in [6, 6.07) is 0. The van der Waals surface area contributed by atoms with E-state index >= 15 is 0 Å². The molecule has 0 N–H and O–H groups in total. The molecule has 0 aliphatic rings. The van der Waals surface area contributed by atoms with Crippen LogP contribution in [-0.2, 0) is 27.2 Å². The second kappa shape index (κ2) is 10.9. The van der Waals surface area contributed by atoms with Gasteiger partial charge in [-0.05, 0) is 34.0 Å². The fraction of sp³-hybridized carbons (Fsp3) is 0.769. The van der Waals surface area contributed by atoms with E-state index < -0.39 is 25.7 Å². The molecule has 0 aliphatic carbocycles. The van der Waals surface area contributed by atoms with Gasteiger partial charge in [0.15, 0.2) is 4.35 Å². The van der Waals surface area contributed by atoms with Crippen LogP contribution < -0.4 is 0 Å². The maximum Gasteiger partial charge on any atom is 0.375 e. The zero-order valence-electron chi connectivity index (χ0n) is 14.1. The Morgan fingerprint density at radius 3 is 1.45 bits per heavy atom. The molecule has 0 aliphatic heterocycles. The van der Waals surface area contributed by atoms with Crippen LogP contribution in [0.25, 0.3) is 0 Å². The van der Waals surface area contributed by atoms with Crippen LogP contribution >= 0.6 is 25.7 Å². The first-order valence-electron chi connectivity index (χ1n) is 7.24. The topological polar surface area (TPSA) is 71.1 Å². The Hall–Kier alpha value is 0.260. The van der Waals surface area contributed by atoms with Crippen LogP contribution in [0.4, 0.5) is 0 Å². The van der Waals surface area contributed by atoms with Gasteiger partial charge in [-0.25, -0.2) is 0 Å². The standard InChI is InChI=1S/C13H28O6P2S/c1-7-12-22(6)13(20(14,16-8-2)17-9-3)21(15,18-10-4)19-11-5/h7H,1,8-12H2,2-6H3. The summed E-state index contributed by atoms with van der Waals surface area (Å²) in [7, 11) is -8.14. The lowest BCUT2D eigenvalue weighted by Crippen LogP contribution is -2.13. The van der Waals surface area contributed by atoms with Crippen molar-refractivity contribution in [3.8, 4) is 0 Å². The molecule has 6 nitrogen and oxygen atoms in total. The lowest BCUT2D eigenvalue weighted by atomic mass is 10.8. The minimum atomic E-state index is -3.73. The van der Waals surface area contributed by atoms with Crippen LogP contribution in [0.15, 0.2) is 12.7 Å². The Morgan fingerprint density at radius 2 is 1.23 bits per heavy atom. The van der Waals surface area contributed by atoms with E-state index in [1.54, 1.807) is 33.8 Å². The van der Waals surface area contributed by atoms with Crippen LogP contribution in [0.5, 0.6) is 0 Å². The van der Waals surface area contributed by atoms with Gasteiger partial charge in [0.25, 0.3) is 0 Å². The van der Waals surface area contributed by atoms with Gasteiger partial charge >= 0.3 is 15.2 Å². The van der Waals surface area contributed by atoms with E-state index in [1.165, 1.54) is 0 Å². The predicted octanol–water partition coefficient (Wildman–Crippen LogP) is 4.69. The summed E-state index contributed by atoms with van der Waals surface area (Å²) in [6.07, 6.45) is 3.49. The highest BCUT2D eigenvalue weighted by molar-refractivity contribution is 8.32. The van der Waals surface area contributed by atoms with Gasteiger partial charge in [0, 0.05) is 5.75 Å². The monoisotopic (exact) mass is 374 g/mol. The highest BCUT2D eigenvalue weighted by Crippen LogP contribution is 2.68. The lowest BCUT2D eigenvalue weighted by Gasteiger charge is -2.27. The maximum absolute atomic E-state index is 13.2. The molecule has 0 radical (unpaired) electrons. The van der Waals surface area contributed by atoms with Gasteiger partial charge in [-0.1, -0.05) is 6.08 Å². The normalized spacial score (nSPS) is 13.9. The van der Waals surface area contributed by atoms with E-state index in [9.17, 15) is 9.13 Å². The summed E-state index contributed by atoms with van der Waals surface area (Å²) in [5.74, 6) is 0.490. The largest absolute Gasteiger partial charge is 0.375 e. The SMILES string of the molecule is C=CCS(C)=C(P(=O)(OCC)OCC)P(=O)(OCC)OCC. The average Bonchev–Trinajstić information content (AvgIpc) is 2.39. The molecule has 0 spiro atoms. The molecule has 22 heavy (non-hydrogen) atoms. The highest BCUT2D eigenvalue weighted by atomic mass is 32.2. The van der Waals surface area contributed by atoms with Gasteiger partial charge in [-0.3, -0.25) is 9.13 Å². The molecule has 0 fully saturated rings. The second-order valence-electron chi connectivity index (χ2n) is 4.04. The molecule has 9 heteroatoms. The summed E-state index contributed by atoms with van der Waals surface area (Å²) < 4.78 is 48.0. The molecular weight excluding hydrogens is 346 g/mol. The molecule has 0 rings (SSSR count). The Labute approximate surface area is 136 Å². The van der Waals surface area contributed by atoms with Crippen molar-refractivity contribution in [1.29, 1.82) is 0 Å². The minimum Gasteiger partial charge on any atom is -0.305 e. The summed E-state index contributed by atoms with van der Waals surface area (Å²) in [4.78, 5) is 0. The van der Waals surface area contributed by atoms with Crippen molar-refractivity contribution >= 4 is 30.0 Å². The van der Waals surface area contributed by atoms with Crippen molar-refractivity contribution in [3.05, 3.63) is 12.7 Å². The van der Waals surface area contributed by atoms with E-state index in [0.717, 1.165) is 0 Å². The lowest BCUT2D eigenvalue weighted by molar-refractivity contribution is 0.225. The molecule has 0 heterocycles. The summed E-state index contributed by atoms with van der Waals surface area (Å²) in [5, 5.41) is 0. The first-order chi connectivity index (χ1) is 10.3. The van der Waals surface area contributed by atoms with Gasteiger partial charge < -0.3 is 18.1 Å². The number of hydrogen-bond acceptors (Lipinski definition) is 6. The smallest absolute Gasteiger partial charge is 0.305 e. The Morgan fingerprint density at radius 1 is 0.909 bits per heavy atom. The molecule has 0 bridgehead atoms. The van der Waals surface area contributed by atoms with Crippen molar-refractivity contribution in [2.45, 2.75) is 27.7 Å². The third kappa shape index (κ3) is 6.04. The fourth-order valence-corrected chi connectivity index (χ4v) is 10.2. The number of hydrogen-bond donors (Lipinski definition) is 0. The molecular formula is C13H28O6P2S. The van der Waals surface area contributed by atoms with Crippen LogP contribution in [0.3, 0.4) is 0 Å². The maximum atomic E-state index is 13.2. The predicted molar refractivity (Wildman–Crippen MR) is 95.3 cm³/mol. The minimum absolute atomic E-state index is 0.104. The van der Waals surface area contributed by atoms with Gasteiger partial charge in [-0.2, -0.15) is 10.5 Å². The van der Waals surface area contributed by atoms with Crippen molar-refractivity contribution in [2.75, 3.05) is 38.4 Å². The third-order valence-corrected chi connectivity index (χ3v) is 11.7. The van der Waals surface area contributed by atoms with Gasteiger partial charge in [0.05, 0.1) is 26.4 Å². The second-order valence-corrected chi connectivity index (χ2v) is 10.9. The van der Waals surface area contributed by atoms with Gasteiger partial charge in [0.1, 0.15) is 0 Å². The molecule has 0 saturated heterocycles. The molecule has 0 aromatic heterocycles. The number of rotatable bonds is 12. The fourth-order valence-electron chi connectivity index (χ4n) is 1.76. The Kier molecular flexibility index (Phi) is 11.1. The van der Waals surface area contributed by atoms with Gasteiger partial charge in [0.2, 0.25) is 0 Å².